The van der Waals surface area contributed by atoms with Crippen LogP contribution >= 0.6 is 0 Å². The minimum absolute atomic E-state index is 0.227. The van der Waals surface area contributed by atoms with Crippen molar-refractivity contribution in [3.05, 3.63) is 53.9 Å². The van der Waals surface area contributed by atoms with Crippen LogP contribution in [0.4, 0.5) is 0 Å². The molecule has 5 heteroatoms. The van der Waals surface area contributed by atoms with E-state index in [2.05, 4.69) is 27.4 Å². The number of rotatable bonds is 6. The van der Waals surface area contributed by atoms with Crippen LogP contribution in [0.2, 0.25) is 0 Å². The van der Waals surface area contributed by atoms with Crippen LogP contribution < -0.4 is 5.32 Å². The molecule has 0 atom stereocenters. The maximum atomic E-state index is 13.3. The molecule has 1 aliphatic carbocycles. The van der Waals surface area contributed by atoms with E-state index in [9.17, 15) is 4.79 Å². The van der Waals surface area contributed by atoms with E-state index < -0.39 is 0 Å². The Bertz CT molecular complexity index is 758. The van der Waals surface area contributed by atoms with Crippen LogP contribution in [0.25, 0.3) is 0 Å². The highest BCUT2D eigenvalue weighted by molar-refractivity contribution is 5.86. The zero-order chi connectivity index (χ0) is 19.2. The van der Waals surface area contributed by atoms with Crippen molar-refractivity contribution in [3.63, 3.8) is 0 Å². The first kappa shape index (κ1) is 19.2. The van der Waals surface area contributed by atoms with E-state index in [1.54, 1.807) is 0 Å². The highest BCUT2D eigenvalue weighted by Crippen LogP contribution is 2.35. The van der Waals surface area contributed by atoms with Crippen molar-refractivity contribution in [2.75, 3.05) is 13.1 Å². The van der Waals surface area contributed by atoms with Gasteiger partial charge in [0.1, 0.15) is 5.54 Å². The van der Waals surface area contributed by atoms with Crippen molar-refractivity contribution in [2.24, 2.45) is 0 Å². The predicted molar refractivity (Wildman–Crippen MR) is 111 cm³/mol. The smallest absolute Gasteiger partial charge is 0.240 e. The van der Waals surface area contributed by atoms with Gasteiger partial charge in [-0.15, -0.1) is 0 Å². The topological polar surface area (TPSA) is 50.2 Å². The average Bonchev–Trinajstić information content (AvgIpc) is 3.21. The molecule has 1 aromatic heterocycles. The number of nitrogens with zero attached hydrogens (tertiary/aromatic N) is 3. The second kappa shape index (κ2) is 8.91. The van der Waals surface area contributed by atoms with Crippen LogP contribution in [0.3, 0.4) is 0 Å². The minimum Gasteiger partial charge on any atom is -0.350 e. The first-order valence-corrected chi connectivity index (χ1v) is 10.8. The maximum absolute atomic E-state index is 13.3. The van der Waals surface area contributed by atoms with Crippen molar-refractivity contribution >= 4 is 5.91 Å². The zero-order valence-electron chi connectivity index (χ0n) is 16.8. The molecule has 5 nitrogen and oxygen atoms in total. The zero-order valence-corrected chi connectivity index (χ0v) is 16.8. The fraction of sp³-hybridized carbons (Fsp3) is 0.565. The summed E-state index contributed by atoms with van der Waals surface area (Å²) in [5.74, 6) is 0.227. The van der Waals surface area contributed by atoms with Gasteiger partial charge in [-0.1, -0.05) is 56.0 Å². The van der Waals surface area contributed by atoms with E-state index >= 15 is 0 Å². The molecular formula is C23H32N4O. The Hall–Kier alpha value is -2.14. The Kier molecular flexibility index (Phi) is 6.10. The second-order valence-electron chi connectivity index (χ2n) is 8.35. The summed E-state index contributed by atoms with van der Waals surface area (Å²) in [7, 11) is 0. The van der Waals surface area contributed by atoms with E-state index in [0.29, 0.717) is 6.54 Å². The minimum atomic E-state index is -0.279. The quantitative estimate of drug-likeness (QED) is 0.831. The normalized spacial score (nSPS) is 20.0. The van der Waals surface area contributed by atoms with Gasteiger partial charge >= 0.3 is 0 Å². The number of amides is 1. The number of aromatic nitrogens is 2. The molecule has 2 aromatic rings. The molecule has 1 saturated heterocycles. The lowest BCUT2D eigenvalue weighted by Crippen LogP contribution is -2.60. The highest BCUT2D eigenvalue weighted by Gasteiger charge is 2.44. The van der Waals surface area contributed by atoms with E-state index in [4.69, 9.17) is 0 Å². The van der Waals surface area contributed by atoms with Gasteiger partial charge < -0.3 is 5.32 Å². The van der Waals surface area contributed by atoms with E-state index in [-0.39, 0.29) is 11.4 Å². The molecule has 1 aromatic carbocycles. The summed E-state index contributed by atoms with van der Waals surface area (Å²) in [5, 5.41) is 7.71. The summed E-state index contributed by atoms with van der Waals surface area (Å²) in [6, 6.07) is 10.3. The van der Waals surface area contributed by atoms with Gasteiger partial charge in [-0.25, -0.2) is 0 Å². The number of carbonyl (C=O) groups excluding carboxylic acids is 1. The number of benzene rings is 1. The first-order chi connectivity index (χ1) is 13.8. The van der Waals surface area contributed by atoms with Crippen molar-refractivity contribution in [1.29, 1.82) is 0 Å². The molecule has 0 spiro atoms. The molecule has 1 aliphatic heterocycles. The molecule has 0 unspecified atom stereocenters. The van der Waals surface area contributed by atoms with Gasteiger partial charge in [0, 0.05) is 18.3 Å². The standard InChI is InChI=1S/C23H32N4O/c28-22(23(12-6-2-7-13-23)26-14-8-3-9-15-26)24-16-21-17-25-27(19-21)18-20-10-4-1-5-11-20/h1,4-5,10-11,17,19H,2-3,6-9,12-16,18H2,(H,24,28). The Balaban J connectivity index is 1.38. The van der Waals surface area contributed by atoms with Gasteiger partial charge in [0.15, 0.2) is 0 Å². The Labute approximate surface area is 168 Å². The fourth-order valence-corrected chi connectivity index (χ4v) is 4.85. The van der Waals surface area contributed by atoms with Gasteiger partial charge in [-0.3, -0.25) is 14.4 Å². The summed E-state index contributed by atoms with van der Waals surface area (Å²) in [4.78, 5) is 15.8. The predicted octanol–water partition coefficient (Wildman–Crippen LogP) is 3.74. The molecule has 2 aliphatic rings. The molecule has 0 bridgehead atoms. The lowest BCUT2D eigenvalue weighted by atomic mass is 9.78. The molecule has 1 N–H and O–H groups in total. The number of hydrogen-bond acceptors (Lipinski definition) is 3. The third-order valence-corrected chi connectivity index (χ3v) is 6.39. The molecule has 1 amide bonds. The van der Waals surface area contributed by atoms with Crippen LogP contribution in [-0.2, 0) is 17.9 Å². The average molecular weight is 381 g/mol. The van der Waals surface area contributed by atoms with Gasteiger partial charge in [-0.05, 0) is 44.3 Å². The summed E-state index contributed by atoms with van der Waals surface area (Å²) < 4.78 is 1.94. The summed E-state index contributed by atoms with van der Waals surface area (Å²) in [6.45, 7) is 3.46. The number of nitrogens with one attached hydrogen (secondary N) is 1. The highest BCUT2D eigenvalue weighted by atomic mass is 16.2. The van der Waals surface area contributed by atoms with Gasteiger partial charge in [0.2, 0.25) is 5.91 Å². The van der Waals surface area contributed by atoms with Crippen LogP contribution in [0.15, 0.2) is 42.7 Å². The van der Waals surface area contributed by atoms with Crippen LogP contribution in [0.5, 0.6) is 0 Å². The van der Waals surface area contributed by atoms with Gasteiger partial charge in [0.05, 0.1) is 12.7 Å². The Morgan fingerprint density at radius 3 is 2.43 bits per heavy atom. The maximum Gasteiger partial charge on any atom is 0.240 e. The molecule has 1 saturated carbocycles. The number of likely N-dealkylation sites (tertiary alicyclic amines) is 1. The van der Waals surface area contributed by atoms with Crippen LogP contribution in [0.1, 0.15) is 62.5 Å². The van der Waals surface area contributed by atoms with Crippen molar-refractivity contribution < 1.29 is 4.79 Å². The molecular weight excluding hydrogens is 348 g/mol. The van der Waals surface area contributed by atoms with Crippen LogP contribution in [-0.4, -0.2) is 39.2 Å². The third-order valence-electron chi connectivity index (χ3n) is 6.39. The van der Waals surface area contributed by atoms with Crippen LogP contribution in [0, 0.1) is 0 Å². The Morgan fingerprint density at radius 2 is 1.68 bits per heavy atom. The van der Waals surface area contributed by atoms with Crippen molar-refractivity contribution in [3.8, 4) is 0 Å². The largest absolute Gasteiger partial charge is 0.350 e. The van der Waals surface area contributed by atoms with Gasteiger partial charge in [-0.2, -0.15) is 5.10 Å². The second-order valence-corrected chi connectivity index (χ2v) is 8.35. The lowest BCUT2D eigenvalue weighted by Gasteiger charge is -2.46. The van der Waals surface area contributed by atoms with Gasteiger partial charge in [0.25, 0.3) is 0 Å². The molecule has 4 rings (SSSR count). The van der Waals surface area contributed by atoms with Crippen molar-refractivity contribution in [1.82, 2.24) is 20.0 Å². The summed E-state index contributed by atoms with van der Waals surface area (Å²) >= 11 is 0. The third kappa shape index (κ3) is 4.30. The van der Waals surface area contributed by atoms with E-state index in [1.807, 2.05) is 35.3 Å². The van der Waals surface area contributed by atoms with Crippen molar-refractivity contribution in [2.45, 2.75) is 70.0 Å². The molecule has 150 valence electrons. The molecule has 0 radical (unpaired) electrons. The monoisotopic (exact) mass is 380 g/mol. The lowest BCUT2D eigenvalue weighted by molar-refractivity contribution is -0.137. The Morgan fingerprint density at radius 1 is 0.964 bits per heavy atom. The molecule has 2 heterocycles. The first-order valence-electron chi connectivity index (χ1n) is 10.8. The number of carbonyl (C=O) groups is 1. The number of hydrogen-bond donors (Lipinski definition) is 1. The van der Waals surface area contributed by atoms with E-state index in [1.165, 1.54) is 44.1 Å². The molecule has 28 heavy (non-hydrogen) atoms. The summed E-state index contributed by atoms with van der Waals surface area (Å²) in [6.07, 6.45) is 13.3. The van der Waals surface area contributed by atoms with E-state index in [0.717, 1.165) is 38.0 Å². The SMILES string of the molecule is O=C(NCc1cnn(Cc2ccccc2)c1)C1(N2CCCCC2)CCCCC1. The molecule has 2 fully saturated rings. The fourth-order valence-electron chi connectivity index (χ4n) is 4.85. The number of piperidine rings is 1. The summed E-state index contributed by atoms with van der Waals surface area (Å²) in [5.41, 5.74) is 2.01.